The zero-order chi connectivity index (χ0) is 9.72. The second-order valence-electron chi connectivity index (χ2n) is 2.45. The first-order chi connectivity index (χ1) is 5.43. The molecule has 0 spiro atoms. The highest BCUT2D eigenvalue weighted by Gasteiger charge is 2.17. The highest BCUT2D eigenvalue weighted by atomic mass is 16.6. The van der Waals surface area contributed by atoms with Gasteiger partial charge in [0, 0.05) is 0 Å². The van der Waals surface area contributed by atoms with E-state index < -0.39 is 18.2 Å². The molecule has 0 aromatic rings. The molecule has 1 unspecified atom stereocenters. The van der Waals surface area contributed by atoms with Gasteiger partial charge in [-0.05, 0) is 13.8 Å². The van der Waals surface area contributed by atoms with Crippen LogP contribution in [0.2, 0.25) is 0 Å². The lowest BCUT2D eigenvalue weighted by molar-refractivity contribution is -0.158. The normalized spacial score (nSPS) is 12.3. The number of carbonyl (C=O) groups excluding carboxylic acids is 1. The molecule has 6 heteroatoms. The minimum Gasteiger partial charge on any atom is -0.460 e. The molecule has 0 aromatic heterocycles. The maximum Gasteiger partial charge on any atom is 0.356 e. The van der Waals surface area contributed by atoms with Crippen molar-refractivity contribution in [1.82, 2.24) is 5.32 Å². The fourth-order valence-corrected chi connectivity index (χ4v) is 0.503. The van der Waals surface area contributed by atoms with Gasteiger partial charge in [0.25, 0.3) is 0 Å². The van der Waals surface area contributed by atoms with Crippen LogP contribution < -0.4 is 11.1 Å². The third-order valence-electron chi connectivity index (χ3n) is 0.867. The molecule has 0 heterocycles. The van der Waals surface area contributed by atoms with Gasteiger partial charge in [0.05, 0.1) is 6.10 Å². The number of aliphatic hydroxyl groups is 1. The van der Waals surface area contributed by atoms with Gasteiger partial charge in [0.1, 0.15) is 0 Å². The number of ether oxygens (including phenoxy) is 1. The molecule has 0 saturated heterocycles. The Bertz CT molecular complexity index is 181. The van der Waals surface area contributed by atoms with E-state index in [1.54, 1.807) is 13.8 Å². The quantitative estimate of drug-likeness (QED) is 0.185. The molecule has 0 radical (unpaired) electrons. The van der Waals surface area contributed by atoms with Crippen molar-refractivity contribution in [1.29, 1.82) is 5.41 Å². The van der Waals surface area contributed by atoms with Crippen LogP contribution in [0.3, 0.4) is 0 Å². The maximum atomic E-state index is 10.8. The summed E-state index contributed by atoms with van der Waals surface area (Å²) in [5, 5.41) is 17.6. The van der Waals surface area contributed by atoms with Crippen LogP contribution in [0.1, 0.15) is 13.8 Å². The topological polar surface area (TPSA) is 108 Å². The number of nitrogens with one attached hydrogen (secondary N) is 2. The predicted octanol–water partition coefficient (Wildman–Crippen LogP) is -1.26. The summed E-state index contributed by atoms with van der Waals surface area (Å²) in [7, 11) is 0. The van der Waals surface area contributed by atoms with Crippen LogP contribution in [0.15, 0.2) is 0 Å². The first kappa shape index (κ1) is 10.7. The molecule has 5 N–H and O–H groups in total. The summed E-state index contributed by atoms with van der Waals surface area (Å²) in [5.74, 6) is -1.33. The average Bonchev–Trinajstić information content (AvgIpc) is 1.84. The standard InChI is InChI=1S/C6H13N3O3/c1-3(2)12-5(11)4(10)9-6(7)8/h3-4,10H,1-2H3,(H4,7,8,9). The number of hydrogen-bond donors (Lipinski definition) is 4. The number of aliphatic hydroxyl groups excluding tert-OH is 1. The van der Waals surface area contributed by atoms with E-state index in [4.69, 9.17) is 16.2 Å². The molecule has 0 aliphatic heterocycles. The van der Waals surface area contributed by atoms with Crippen LogP contribution in [0.25, 0.3) is 0 Å². The highest BCUT2D eigenvalue weighted by Crippen LogP contribution is 1.91. The number of guanidine groups is 1. The highest BCUT2D eigenvalue weighted by molar-refractivity contribution is 5.82. The molecule has 0 rings (SSSR count). The van der Waals surface area contributed by atoms with Gasteiger partial charge in [-0.1, -0.05) is 0 Å². The Morgan fingerprint density at radius 3 is 2.50 bits per heavy atom. The zero-order valence-corrected chi connectivity index (χ0v) is 7.00. The summed E-state index contributed by atoms with van der Waals surface area (Å²) in [6, 6.07) is 0. The first-order valence-electron chi connectivity index (χ1n) is 3.42. The van der Waals surface area contributed by atoms with E-state index in [-0.39, 0.29) is 6.10 Å². The summed E-state index contributed by atoms with van der Waals surface area (Å²) >= 11 is 0. The smallest absolute Gasteiger partial charge is 0.356 e. The van der Waals surface area contributed by atoms with Crippen molar-refractivity contribution < 1.29 is 14.6 Å². The van der Waals surface area contributed by atoms with E-state index in [0.717, 1.165) is 0 Å². The molecular weight excluding hydrogens is 162 g/mol. The van der Waals surface area contributed by atoms with Crippen LogP contribution in [0.4, 0.5) is 0 Å². The second-order valence-corrected chi connectivity index (χ2v) is 2.45. The average molecular weight is 175 g/mol. The summed E-state index contributed by atoms with van der Waals surface area (Å²) in [4.78, 5) is 10.8. The molecule has 0 amide bonds. The third kappa shape index (κ3) is 4.51. The van der Waals surface area contributed by atoms with Gasteiger partial charge >= 0.3 is 5.97 Å². The van der Waals surface area contributed by atoms with Gasteiger partial charge < -0.3 is 20.9 Å². The molecule has 0 aromatic carbocycles. The van der Waals surface area contributed by atoms with E-state index in [1.807, 2.05) is 5.32 Å². The summed E-state index contributed by atoms with van der Waals surface area (Å²) in [5.41, 5.74) is 4.87. The van der Waals surface area contributed by atoms with Crippen molar-refractivity contribution in [3.63, 3.8) is 0 Å². The van der Waals surface area contributed by atoms with E-state index >= 15 is 0 Å². The van der Waals surface area contributed by atoms with E-state index in [0.29, 0.717) is 0 Å². The zero-order valence-electron chi connectivity index (χ0n) is 7.00. The summed E-state index contributed by atoms with van der Waals surface area (Å²) in [6.45, 7) is 3.30. The van der Waals surface area contributed by atoms with Crippen LogP contribution >= 0.6 is 0 Å². The van der Waals surface area contributed by atoms with E-state index in [9.17, 15) is 4.79 Å². The Morgan fingerprint density at radius 2 is 2.17 bits per heavy atom. The van der Waals surface area contributed by atoms with E-state index in [1.165, 1.54) is 0 Å². The molecule has 0 aliphatic rings. The molecule has 6 nitrogen and oxygen atoms in total. The summed E-state index contributed by atoms with van der Waals surface area (Å²) in [6.07, 6.45) is -1.87. The predicted molar refractivity (Wildman–Crippen MR) is 42.3 cm³/mol. The lowest BCUT2D eigenvalue weighted by Crippen LogP contribution is -2.45. The minimum atomic E-state index is -1.56. The molecule has 0 bridgehead atoms. The van der Waals surface area contributed by atoms with Crippen LogP contribution in [0.5, 0.6) is 0 Å². The van der Waals surface area contributed by atoms with Gasteiger partial charge in [0.2, 0.25) is 6.23 Å². The molecular formula is C6H13N3O3. The van der Waals surface area contributed by atoms with Crippen molar-refractivity contribution in [3.8, 4) is 0 Å². The van der Waals surface area contributed by atoms with Crippen molar-refractivity contribution in [2.75, 3.05) is 0 Å². The van der Waals surface area contributed by atoms with Gasteiger partial charge in [0.15, 0.2) is 5.96 Å². The molecule has 0 fully saturated rings. The molecule has 0 saturated carbocycles. The van der Waals surface area contributed by atoms with Crippen molar-refractivity contribution in [2.24, 2.45) is 5.73 Å². The number of nitrogens with two attached hydrogens (primary N) is 1. The number of hydrogen-bond acceptors (Lipinski definition) is 4. The molecule has 70 valence electrons. The number of rotatable bonds is 3. The van der Waals surface area contributed by atoms with Crippen molar-refractivity contribution in [3.05, 3.63) is 0 Å². The maximum absolute atomic E-state index is 10.8. The Hall–Kier alpha value is -1.30. The second kappa shape index (κ2) is 4.55. The van der Waals surface area contributed by atoms with Crippen LogP contribution in [-0.4, -0.2) is 29.4 Å². The minimum absolute atomic E-state index is 0.305. The van der Waals surface area contributed by atoms with Crippen LogP contribution in [-0.2, 0) is 9.53 Å². The van der Waals surface area contributed by atoms with Gasteiger partial charge in [-0.2, -0.15) is 0 Å². The van der Waals surface area contributed by atoms with Gasteiger partial charge in [-0.25, -0.2) is 4.79 Å². The Balaban J connectivity index is 3.85. The van der Waals surface area contributed by atoms with Gasteiger partial charge in [-0.15, -0.1) is 0 Å². The molecule has 1 atom stereocenters. The van der Waals surface area contributed by atoms with E-state index in [2.05, 4.69) is 4.74 Å². The molecule has 0 aliphatic carbocycles. The van der Waals surface area contributed by atoms with Gasteiger partial charge in [-0.3, -0.25) is 5.41 Å². The fraction of sp³-hybridized carbons (Fsp3) is 0.667. The van der Waals surface area contributed by atoms with Crippen molar-refractivity contribution in [2.45, 2.75) is 26.2 Å². The first-order valence-corrected chi connectivity index (χ1v) is 3.42. The number of carbonyl (C=O) groups is 1. The Morgan fingerprint density at radius 1 is 1.67 bits per heavy atom. The molecule has 12 heavy (non-hydrogen) atoms. The lowest BCUT2D eigenvalue weighted by atomic mass is 10.4. The third-order valence-corrected chi connectivity index (χ3v) is 0.867. The number of esters is 1. The lowest BCUT2D eigenvalue weighted by Gasteiger charge is -2.13. The summed E-state index contributed by atoms with van der Waals surface area (Å²) < 4.78 is 4.61. The van der Waals surface area contributed by atoms with Crippen LogP contribution in [0, 0.1) is 5.41 Å². The van der Waals surface area contributed by atoms with Crippen molar-refractivity contribution >= 4 is 11.9 Å². The SMILES string of the molecule is CC(C)OC(=O)C(O)NC(=N)N. The fourth-order valence-electron chi connectivity index (χ4n) is 0.503. The Kier molecular flexibility index (Phi) is 4.06. The Labute approximate surface area is 70.2 Å². The largest absolute Gasteiger partial charge is 0.460 e. The monoisotopic (exact) mass is 175 g/mol.